The zero-order valence-corrected chi connectivity index (χ0v) is 7.97. The fraction of sp³-hybridized carbons (Fsp3) is 0.444. The van der Waals surface area contributed by atoms with Crippen molar-refractivity contribution in [2.45, 2.75) is 12.5 Å². The topological polar surface area (TPSA) is 58.1 Å². The van der Waals surface area contributed by atoms with Crippen molar-refractivity contribution < 1.29 is 4.79 Å². The Morgan fingerprint density at radius 3 is 2.79 bits per heavy atom. The number of carbonyl (C=O) groups excluding carboxylic acids is 1. The largest absolute Gasteiger partial charge is 0.309 e. The summed E-state index contributed by atoms with van der Waals surface area (Å²) >= 11 is 0. The third-order valence-corrected chi connectivity index (χ3v) is 2.41. The van der Waals surface area contributed by atoms with Gasteiger partial charge in [-0.05, 0) is 13.5 Å². The Labute approximate surface area is 82.2 Å². The third-order valence-electron chi connectivity index (χ3n) is 2.41. The van der Waals surface area contributed by atoms with Crippen LogP contribution in [-0.2, 0) is 4.79 Å². The van der Waals surface area contributed by atoms with Crippen molar-refractivity contribution in [3.8, 4) is 0 Å². The van der Waals surface area contributed by atoms with Crippen molar-refractivity contribution in [3.05, 3.63) is 18.7 Å². The van der Waals surface area contributed by atoms with Gasteiger partial charge < -0.3 is 10.2 Å². The zero-order valence-electron chi connectivity index (χ0n) is 7.97. The van der Waals surface area contributed by atoms with Crippen LogP contribution >= 0.6 is 0 Å². The van der Waals surface area contributed by atoms with Gasteiger partial charge in [0.15, 0.2) is 0 Å². The molecule has 1 saturated heterocycles. The second-order valence-electron chi connectivity index (χ2n) is 3.22. The highest BCUT2D eigenvalue weighted by atomic mass is 16.2. The molecule has 1 aromatic rings. The van der Waals surface area contributed by atoms with Gasteiger partial charge in [0.2, 0.25) is 5.91 Å². The van der Waals surface area contributed by atoms with E-state index in [0.29, 0.717) is 0 Å². The molecule has 0 aliphatic carbocycles. The van der Waals surface area contributed by atoms with E-state index in [4.69, 9.17) is 0 Å². The Hall–Kier alpha value is -1.49. The molecule has 1 unspecified atom stereocenters. The van der Waals surface area contributed by atoms with Crippen LogP contribution in [0.2, 0.25) is 0 Å². The van der Waals surface area contributed by atoms with Crippen molar-refractivity contribution >= 4 is 11.6 Å². The number of nitrogens with zero attached hydrogens (tertiary/aromatic N) is 3. The maximum absolute atomic E-state index is 11.7. The minimum atomic E-state index is -0.0600. The molecule has 0 saturated carbocycles. The summed E-state index contributed by atoms with van der Waals surface area (Å²) in [6, 6.07) is -0.0600. The van der Waals surface area contributed by atoms with Crippen molar-refractivity contribution in [3.63, 3.8) is 0 Å². The standard InChI is InChI=1S/C9H12N4O/c1-10-8-2-3-13(9(8)14)7-4-11-6-12-5-7/h4-6,8,10H,2-3H2,1H3. The second kappa shape index (κ2) is 3.71. The number of hydrogen-bond acceptors (Lipinski definition) is 4. The highest BCUT2D eigenvalue weighted by Crippen LogP contribution is 2.18. The molecule has 2 heterocycles. The van der Waals surface area contributed by atoms with Gasteiger partial charge >= 0.3 is 0 Å². The number of likely N-dealkylation sites (N-methyl/N-ethyl adjacent to an activating group) is 1. The highest BCUT2D eigenvalue weighted by molar-refractivity contribution is 5.99. The van der Waals surface area contributed by atoms with Gasteiger partial charge in [0, 0.05) is 6.54 Å². The zero-order chi connectivity index (χ0) is 9.97. The van der Waals surface area contributed by atoms with E-state index in [2.05, 4.69) is 15.3 Å². The number of rotatable bonds is 2. The molecule has 0 aromatic carbocycles. The van der Waals surface area contributed by atoms with Crippen molar-refractivity contribution in [1.82, 2.24) is 15.3 Å². The number of hydrogen-bond donors (Lipinski definition) is 1. The van der Waals surface area contributed by atoms with E-state index in [-0.39, 0.29) is 11.9 Å². The summed E-state index contributed by atoms with van der Waals surface area (Å²) in [6.07, 6.45) is 5.61. The molecule has 1 aliphatic heterocycles. The summed E-state index contributed by atoms with van der Waals surface area (Å²) in [7, 11) is 1.80. The fourth-order valence-electron chi connectivity index (χ4n) is 1.63. The molecule has 1 aromatic heterocycles. The first-order valence-corrected chi connectivity index (χ1v) is 4.56. The van der Waals surface area contributed by atoms with Crippen LogP contribution in [0.5, 0.6) is 0 Å². The van der Waals surface area contributed by atoms with E-state index >= 15 is 0 Å². The number of carbonyl (C=O) groups is 1. The number of anilines is 1. The summed E-state index contributed by atoms with van der Waals surface area (Å²) in [4.78, 5) is 21.2. The average molecular weight is 192 g/mol. The molecule has 1 amide bonds. The van der Waals surface area contributed by atoms with Crippen LogP contribution in [0.15, 0.2) is 18.7 Å². The molecule has 5 heteroatoms. The van der Waals surface area contributed by atoms with Crippen molar-refractivity contribution in [2.75, 3.05) is 18.5 Å². The van der Waals surface area contributed by atoms with Crippen LogP contribution < -0.4 is 10.2 Å². The monoisotopic (exact) mass is 192 g/mol. The third kappa shape index (κ3) is 1.46. The predicted molar refractivity (Wildman–Crippen MR) is 51.8 cm³/mol. The van der Waals surface area contributed by atoms with Crippen molar-refractivity contribution in [1.29, 1.82) is 0 Å². The fourth-order valence-corrected chi connectivity index (χ4v) is 1.63. The normalized spacial score (nSPS) is 21.6. The van der Waals surface area contributed by atoms with Gasteiger partial charge in [-0.25, -0.2) is 9.97 Å². The summed E-state index contributed by atoms with van der Waals surface area (Å²) < 4.78 is 0. The minimum Gasteiger partial charge on any atom is -0.309 e. The van der Waals surface area contributed by atoms with Crippen LogP contribution in [0.4, 0.5) is 5.69 Å². The minimum absolute atomic E-state index is 0.0600. The molecule has 5 nitrogen and oxygen atoms in total. The van der Waals surface area contributed by atoms with Gasteiger partial charge in [-0.3, -0.25) is 4.79 Å². The maximum atomic E-state index is 11.7. The molecule has 0 spiro atoms. The first-order chi connectivity index (χ1) is 6.83. The van der Waals surface area contributed by atoms with Gasteiger partial charge in [-0.15, -0.1) is 0 Å². The van der Waals surface area contributed by atoms with E-state index in [9.17, 15) is 4.79 Å². The van der Waals surface area contributed by atoms with Crippen LogP contribution in [0, 0.1) is 0 Å². The van der Waals surface area contributed by atoms with Crippen LogP contribution in [0.1, 0.15) is 6.42 Å². The van der Waals surface area contributed by atoms with Crippen molar-refractivity contribution in [2.24, 2.45) is 0 Å². The molecular formula is C9H12N4O. The Balaban J connectivity index is 2.18. The Morgan fingerprint density at radius 2 is 2.21 bits per heavy atom. The van der Waals surface area contributed by atoms with Gasteiger partial charge in [0.1, 0.15) is 6.33 Å². The molecule has 1 aliphatic rings. The van der Waals surface area contributed by atoms with Gasteiger partial charge in [-0.1, -0.05) is 0 Å². The lowest BCUT2D eigenvalue weighted by Crippen LogP contribution is -2.36. The maximum Gasteiger partial charge on any atom is 0.244 e. The SMILES string of the molecule is CNC1CCN(c2cncnc2)C1=O. The quantitative estimate of drug-likeness (QED) is 0.705. The van der Waals surface area contributed by atoms with E-state index in [1.54, 1.807) is 24.3 Å². The summed E-state index contributed by atoms with van der Waals surface area (Å²) in [5.41, 5.74) is 0.773. The molecule has 1 N–H and O–H groups in total. The van der Waals surface area contributed by atoms with Gasteiger partial charge in [0.25, 0.3) is 0 Å². The number of aromatic nitrogens is 2. The molecule has 74 valence electrons. The second-order valence-corrected chi connectivity index (χ2v) is 3.22. The van der Waals surface area contributed by atoms with E-state index in [1.165, 1.54) is 6.33 Å². The Kier molecular flexibility index (Phi) is 2.41. The van der Waals surface area contributed by atoms with Crippen LogP contribution in [0.25, 0.3) is 0 Å². The molecule has 1 atom stereocenters. The number of amides is 1. The highest BCUT2D eigenvalue weighted by Gasteiger charge is 2.31. The Morgan fingerprint density at radius 1 is 1.50 bits per heavy atom. The first-order valence-electron chi connectivity index (χ1n) is 4.56. The first kappa shape index (κ1) is 9.08. The van der Waals surface area contributed by atoms with E-state index < -0.39 is 0 Å². The lowest BCUT2D eigenvalue weighted by molar-refractivity contribution is -0.118. The van der Waals surface area contributed by atoms with Crippen LogP contribution in [0.3, 0.4) is 0 Å². The summed E-state index contributed by atoms with van der Waals surface area (Å²) in [5.74, 6) is 0.0994. The Bertz CT molecular complexity index is 327. The molecular weight excluding hydrogens is 180 g/mol. The number of nitrogens with one attached hydrogen (secondary N) is 1. The van der Waals surface area contributed by atoms with Gasteiger partial charge in [0.05, 0.1) is 24.1 Å². The lowest BCUT2D eigenvalue weighted by atomic mass is 10.3. The lowest BCUT2D eigenvalue weighted by Gasteiger charge is -2.15. The smallest absolute Gasteiger partial charge is 0.244 e. The summed E-state index contributed by atoms with van der Waals surface area (Å²) in [5, 5.41) is 2.98. The molecule has 0 bridgehead atoms. The van der Waals surface area contributed by atoms with E-state index in [0.717, 1.165) is 18.7 Å². The molecule has 2 rings (SSSR count). The van der Waals surface area contributed by atoms with E-state index in [1.807, 2.05) is 0 Å². The molecule has 0 radical (unpaired) electrons. The average Bonchev–Trinajstić information content (AvgIpc) is 2.61. The molecule has 1 fully saturated rings. The van der Waals surface area contributed by atoms with Gasteiger partial charge in [-0.2, -0.15) is 0 Å². The molecule has 14 heavy (non-hydrogen) atoms. The summed E-state index contributed by atoms with van der Waals surface area (Å²) in [6.45, 7) is 0.734. The predicted octanol–water partition coefficient (Wildman–Crippen LogP) is -0.199. The van der Waals surface area contributed by atoms with Crippen LogP contribution in [-0.4, -0.2) is 35.5 Å².